The van der Waals surface area contributed by atoms with E-state index in [1.54, 1.807) is 30.3 Å². The summed E-state index contributed by atoms with van der Waals surface area (Å²) in [5.41, 5.74) is 11.8. The molecular weight excluding hydrogens is 443 g/mol. The predicted molar refractivity (Wildman–Crippen MR) is 116 cm³/mol. The van der Waals surface area contributed by atoms with Crippen LogP contribution < -0.4 is 11.5 Å². The number of hydrogen-bond acceptors (Lipinski definition) is 6. The molecule has 0 bridgehead atoms. The first kappa shape index (κ1) is 24.9. The van der Waals surface area contributed by atoms with E-state index in [9.17, 15) is 16.8 Å². The average Bonchev–Trinajstić information content (AvgIpc) is 2.59. The van der Waals surface area contributed by atoms with Crippen LogP contribution in [0.1, 0.15) is 11.1 Å². The van der Waals surface area contributed by atoms with Crippen molar-refractivity contribution in [3.63, 3.8) is 0 Å². The Morgan fingerprint density at radius 1 is 0.679 bits per heavy atom. The highest BCUT2D eigenvalue weighted by atomic mass is 35.5. The molecule has 0 amide bonds. The van der Waals surface area contributed by atoms with Crippen LogP contribution in [0.3, 0.4) is 0 Å². The zero-order valence-corrected chi connectivity index (χ0v) is 18.4. The van der Waals surface area contributed by atoms with Crippen molar-refractivity contribution in [1.82, 2.24) is 0 Å². The monoisotopic (exact) mass is 466 g/mol. The molecule has 0 saturated heterocycles. The lowest BCUT2D eigenvalue weighted by Crippen LogP contribution is -2.17. The number of benzene rings is 2. The van der Waals surface area contributed by atoms with E-state index in [0.29, 0.717) is 15.6 Å². The molecule has 0 fully saturated rings. The second-order valence-electron chi connectivity index (χ2n) is 6.00. The molecule has 156 valence electrons. The Morgan fingerprint density at radius 2 is 1.18 bits per heavy atom. The van der Waals surface area contributed by atoms with Gasteiger partial charge in [0, 0.05) is 13.1 Å². The maximum absolute atomic E-state index is 11.4. The normalized spacial score (nSPS) is 11.6. The summed E-state index contributed by atoms with van der Waals surface area (Å²) >= 11 is 11.5. The molecule has 0 aromatic heterocycles. The number of hydrogen-bond donors (Lipinski definition) is 2. The first-order chi connectivity index (χ1) is 13.1. The lowest BCUT2D eigenvalue weighted by Gasteiger charge is -2.04. The van der Waals surface area contributed by atoms with E-state index in [0.717, 1.165) is 5.56 Å². The van der Waals surface area contributed by atoms with Gasteiger partial charge in [-0.05, 0) is 23.3 Å². The van der Waals surface area contributed by atoms with Crippen LogP contribution in [0.15, 0.2) is 48.5 Å². The van der Waals surface area contributed by atoms with Gasteiger partial charge < -0.3 is 11.5 Å². The van der Waals surface area contributed by atoms with Crippen LogP contribution in [0.4, 0.5) is 0 Å². The molecule has 2 aromatic carbocycles. The topological polar surface area (TPSA) is 120 Å². The fourth-order valence-corrected chi connectivity index (χ4v) is 4.93. The van der Waals surface area contributed by atoms with Gasteiger partial charge in [0.25, 0.3) is 0 Å². The van der Waals surface area contributed by atoms with Crippen molar-refractivity contribution >= 4 is 42.9 Å². The summed E-state index contributed by atoms with van der Waals surface area (Å²) in [6.07, 6.45) is 0. The lowest BCUT2D eigenvalue weighted by atomic mass is 10.2. The zero-order valence-electron chi connectivity index (χ0n) is 15.2. The molecule has 0 aliphatic rings. The zero-order chi connectivity index (χ0) is 21.2. The number of nitrogens with two attached hydrogens (primary N) is 2. The van der Waals surface area contributed by atoms with Crippen molar-refractivity contribution in [3.05, 3.63) is 69.7 Å². The summed E-state index contributed by atoms with van der Waals surface area (Å²) in [5, 5.41) is 0.772. The molecule has 10 heteroatoms. The fraction of sp³-hybridized carbons (Fsp3) is 0.333. The van der Waals surface area contributed by atoms with Crippen LogP contribution in [-0.2, 0) is 31.2 Å². The highest BCUT2D eigenvalue weighted by Gasteiger charge is 2.11. The maximum atomic E-state index is 11.4. The van der Waals surface area contributed by atoms with Gasteiger partial charge in [0.2, 0.25) is 0 Å². The molecular formula is C18H24Cl2N2O4S2. The highest BCUT2D eigenvalue weighted by molar-refractivity contribution is 7.90. The standard InChI is InChI=1S/C9H11Cl2NO2S.C9H13NO2S/c10-8-2-1-7(5-9(8)11)6-15(13,14)4-3-12;10-6-7-13(11,12)8-9-4-2-1-3-5-9/h1-2,5H,3-4,6,12H2;1-5H,6-8,10H2. The average molecular weight is 467 g/mol. The summed E-state index contributed by atoms with van der Waals surface area (Å²) in [5.74, 6) is 0.0707. The Kier molecular flexibility index (Phi) is 10.4. The van der Waals surface area contributed by atoms with Crippen LogP contribution in [0.25, 0.3) is 0 Å². The van der Waals surface area contributed by atoms with E-state index < -0.39 is 19.7 Å². The van der Waals surface area contributed by atoms with Crippen LogP contribution in [-0.4, -0.2) is 41.4 Å². The van der Waals surface area contributed by atoms with Crippen LogP contribution in [0.5, 0.6) is 0 Å². The number of halogens is 2. The van der Waals surface area contributed by atoms with Gasteiger partial charge >= 0.3 is 0 Å². The number of rotatable bonds is 8. The SMILES string of the molecule is NCCS(=O)(=O)Cc1ccc(Cl)c(Cl)c1.NCCS(=O)(=O)Cc1ccccc1. The molecule has 0 radical (unpaired) electrons. The summed E-state index contributed by atoms with van der Waals surface area (Å²) in [6, 6.07) is 13.9. The molecule has 0 aliphatic carbocycles. The van der Waals surface area contributed by atoms with E-state index >= 15 is 0 Å². The van der Waals surface area contributed by atoms with E-state index in [-0.39, 0.29) is 36.1 Å². The highest BCUT2D eigenvalue weighted by Crippen LogP contribution is 2.23. The van der Waals surface area contributed by atoms with Crippen molar-refractivity contribution < 1.29 is 16.8 Å². The molecule has 0 saturated carbocycles. The maximum Gasteiger partial charge on any atom is 0.155 e. The second-order valence-corrected chi connectivity index (χ2v) is 11.2. The number of sulfone groups is 2. The van der Waals surface area contributed by atoms with Gasteiger partial charge in [0.15, 0.2) is 19.7 Å². The van der Waals surface area contributed by atoms with Crippen molar-refractivity contribution in [2.75, 3.05) is 24.6 Å². The predicted octanol–water partition coefficient (Wildman–Crippen LogP) is 2.43. The minimum Gasteiger partial charge on any atom is -0.329 e. The molecule has 0 aliphatic heterocycles. The molecule has 0 heterocycles. The smallest absolute Gasteiger partial charge is 0.155 e. The molecule has 0 unspecified atom stereocenters. The largest absolute Gasteiger partial charge is 0.329 e. The molecule has 28 heavy (non-hydrogen) atoms. The lowest BCUT2D eigenvalue weighted by molar-refractivity contribution is 0.593. The van der Waals surface area contributed by atoms with Gasteiger partial charge in [-0.2, -0.15) is 0 Å². The second kappa shape index (κ2) is 11.7. The van der Waals surface area contributed by atoms with E-state index in [2.05, 4.69) is 0 Å². The van der Waals surface area contributed by atoms with Crippen molar-refractivity contribution in [3.8, 4) is 0 Å². The van der Waals surface area contributed by atoms with E-state index in [4.69, 9.17) is 34.7 Å². The van der Waals surface area contributed by atoms with Crippen LogP contribution in [0, 0.1) is 0 Å². The Bertz CT molecular complexity index is 951. The molecule has 0 spiro atoms. The van der Waals surface area contributed by atoms with Crippen LogP contribution >= 0.6 is 23.2 Å². The third-order valence-corrected chi connectivity index (χ3v) is 7.46. The van der Waals surface area contributed by atoms with Crippen LogP contribution in [0.2, 0.25) is 10.0 Å². The quantitative estimate of drug-likeness (QED) is 0.615. The summed E-state index contributed by atoms with van der Waals surface area (Å²) in [6.45, 7) is 0.318. The third-order valence-electron chi connectivity index (χ3n) is 3.46. The Labute approximate surface area is 176 Å². The fourth-order valence-electron chi connectivity index (χ4n) is 2.21. The summed E-state index contributed by atoms with van der Waals surface area (Å²) in [4.78, 5) is 0. The van der Waals surface area contributed by atoms with Crippen molar-refractivity contribution in [1.29, 1.82) is 0 Å². The van der Waals surface area contributed by atoms with E-state index in [1.807, 2.05) is 18.2 Å². The van der Waals surface area contributed by atoms with Gasteiger partial charge in [-0.25, -0.2) is 16.8 Å². The van der Waals surface area contributed by atoms with E-state index in [1.165, 1.54) is 0 Å². The summed E-state index contributed by atoms with van der Waals surface area (Å²) < 4.78 is 45.5. The van der Waals surface area contributed by atoms with Gasteiger partial charge in [-0.15, -0.1) is 0 Å². The first-order valence-corrected chi connectivity index (χ1v) is 12.8. The van der Waals surface area contributed by atoms with Crippen molar-refractivity contribution in [2.45, 2.75) is 11.5 Å². The Balaban J connectivity index is 0.000000283. The third kappa shape index (κ3) is 9.86. The van der Waals surface area contributed by atoms with Gasteiger partial charge in [0.05, 0.1) is 33.1 Å². The first-order valence-electron chi connectivity index (χ1n) is 8.37. The molecule has 6 nitrogen and oxygen atoms in total. The Hall–Kier alpha value is -1.16. The van der Waals surface area contributed by atoms with Gasteiger partial charge in [-0.3, -0.25) is 0 Å². The molecule has 2 aromatic rings. The molecule has 4 N–H and O–H groups in total. The molecule has 0 atom stereocenters. The Morgan fingerprint density at radius 3 is 1.64 bits per heavy atom. The van der Waals surface area contributed by atoms with Gasteiger partial charge in [-0.1, -0.05) is 59.6 Å². The molecule has 2 rings (SSSR count). The van der Waals surface area contributed by atoms with Gasteiger partial charge in [0.1, 0.15) is 0 Å². The summed E-state index contributed by atoms with van der Waals surface area (Å²) in [7, 11) is -6.15. The minimum atomic E-state index is -3.14. The minimum absolute atomic E-state index is 0.0206. The van der Waals surface area contributed by atoms with Crippen molar-refractivity contribution in [2.24, 2.45) is 11.5 Å².